The van der Waals surface area contributed by atoms with Crippen LogP contribution in [0.3, 0.4) is 0 Å². The van der Waals surface area contributed by atoms with E-state index in [4.69, 9.17) is 71.1 Å². The van der Waals surface area contributed by atoms with Gasteiger partial charge in [-0.15, -0.1) is 0 Å². The zero-order chi connectivity index (χ0) is 79.6. The predicted octanol–water partition coefficient (Wildman–Crippen LogP) is 17.5. The van der Waals surface area contributed by atoms with Crippen molar-refractivity contribution in [2.24, 2.45) is 0 Å². The molecule has 0 saturated carbocycles. The molecule has 2 N–H and O–H groups in total. The van der Waals surface area contributed by atoms with Crippen LogP contribution >= 0.6 is 47.8 Å². The van der Waals surface area contributed by atoms with Crippen molar-refractivity contribution in [3.8, 4) is 40.2 Å². The van der Waals surface area contributed by atoms with Crippen molar-refractivity contribution in [2.45, 2.75) is 94.5 Å². The molecule has 8 aromatic carbocycles. The molecule has 0 bridgehead atoms. The number of benzene rings is 8. The molecule has 0 aliphatic carbocycles. The number of esters is 3. The maximum absolute atomic E-state index is 11.5. The van der Waals surface area contributed by atoms with Gasteiger partial charge in [0.1, 0.15) is 46.9 Å². The number of methoxy groups -OCH3 is 4. The fourth-order valence-electron chi connectivity index (χ4n) is 12.7. The maximum Gasteiger partial charge on any atom is 0.330 e. The largest absolute Gasteiger partial charge is 0.508 e. The summed E-state index contributed by atoms with van der Waals surface area (Å²) in [6.45, 7) is 17.8. The second-order valence-corrected chi connectivity index (χ2v) is 29.6. The molecule has 0 aromatic heterocycles. The highest BCUT2D eigenvalue weighted by atomic mass is 79.9. The van der Waals surface area contributed by atoms with Crippen LogP contribution in [-0.4, -0.2) is 169 Å². The Labute approximate surface area is 682 Å². The molecule has 23 heteroatoms. The smallest absolute Gasteiger partial charge is 0.330 e. The number of halogens is 3. The van der Waals surface area contributed by atoms with Gasteiger partial charge in [-0.3, -0.25) is 9.59 Å². The third-order valence-electron chi connectivity index (χ3n) is 19.3. The van der Waals surface area contributed by atoms with E-state index in [2.05, 4.69) is 90.3 Å². The second-order valence-electron chi connectivity index (χ2n) is 26.9. The number of ether oxygens (including phenoxy) is 15. The summed E-state index contributed by atoms with van der Waals surface area (Å²) in [5.74, 6) is 7.50. The molecule has 0 atom stereocenters. The van der Waals surface area contributed by atoms with Crippen LogP contribution in [0.1, 0.15) is 136 Å². The average Bonchev–Trinajstić information content (AvgIpc) is 0.890. The first-order valence-corrected chi connectivity index (χ1v) is 40.2. The molecule has 0 radical (unpaired) electrons. The Bertz CT molecular complexity index is 4260. The number of hydrogen-bond donors (Lipinski definition) is 2. The second kappa shape index (κ2) is 46.7. The average molecular weight is 1730 g/mol. The van der Waals surface area contributed by atoms with Crippen LogP contribution in [0.25, 0.3) is 6.08 Å². The van der Waals surface area contributed by atoms with E-state index in [-0.39, 0.29) is 17.9 Å². The number of para-hydroxylation sites is 6. The zero-order valence-corrected chi connectivity index (χ0v) is 69.5. The Kier molecular flexibility index (Phi) is 36.6. The van der Waals surface area contributed by atoms with Crippen molar-refractivity contribution in [3.63, 3.8) is 0 Å². The molecule has 0 unspecified atom stereocenters. The van der Waals surface area contributed by atoms with Crippen LogP contribution in [0.4, 0.5) is 0 Å². The van der Waals surface area contributed by atoms with E-state index in [1.165, 1.54) is 28.3 Å². The first kappa shape index (κ1) is 87.6. The standard InChI is InChI=1S/C16H16O2.C15H19BrO4.C15H20O4.C15H18O4.C10H11BrO2.C9H9BrO2.C9H10O2/c1-2-6-13(7-3-1)10-18-16-9-5-4-8-15(16)14-11-17-12-14;1-3-20-14(17)5-4-10-6-12(16)7-13(15(10)18-2)11-8-19-9-11;2*1-3-19-14(16)8-7-11-5-4-6-13(15(11)17-2)12-9-18-10-12;1-12-10-8(7-5-13-6-7)3-2-4-9(10)11;10-8-3-1-2-7(9(8)11)6-4-12-5-6;10-9-4-2-1-3-8(9)7-5-11-6-7/h1-9,14H,10-12H2;6-7,11H,3-5,8-9H2,1-2H3;4-6,12H,3,7-10H2,1-2H3;4-8,12H,3,9-10H2,1-2H3;2-4,7H,5-6H2,1H3;1-3,6,11H,4-5H2;1-4,7,10H,5-6H2/b;;;8-7+;;;. The highest BCUT2D eigenvalue weighted by Gasteiger charge is 2.31. The Morgan fingerprint density at radius 3 is 1.31 bits per heavy atom. The van der Waals surface area contributed by atoms with Crippen LogP contribution in [-0.2, 0) is 81.2 Å². The minimum absolute atomic E-state index is 0.165. The molecule has 7 aliphatic heterocycles. The van der Waals surface area contributed by atoms with E-state index in [0.29, 0.717) is 105 Å². The molecule has 0 spiro atoms. The molecule has 7 saturated heterocycles. The van der Waals surface area contributed by atoms with Crippen molar-refractivity contribution in [1.82, 2.24) is 0 Å². The van der Waals surface area contributed by atoms with Crippen LogP contribution in [0.5, 0.6) is 40.2 Å². The summed E-state index contributed by atoms with van der Waals surface area (Å²) < 4.78 is 81.5. The number of carbonyl (C=O) groups is 3. The predicted molar refractivity (Wildman–Crippen MR) is 439 cm³/mol. The number of phenolic OH excluding ortho intramolecular Hbond substituents is 2. The van der Waals surface area contributed by atoms with Crippen LogP contribution in [0.15, 0.2) is 183 Å². The fourth-order valence-corrected chi connectivity index (χ4v) is 14.1. The lowest BCUT2D eigenvalue weighted by atomic mass is 9.93. The quantitative estimate of drug-likeness (QED) is 0.0308. The van der Waals surface area contributed by atoms with Gasteiger partial charge in [0.25, 0.3) is 0 Å². The van der Waals surface area contributed by atoms with Gasteiger partial charge in [0.05, 0.1) is 150 Å². The minimum Gasteiger partial charge on any atom is -0.508 e. The molecule has 7 heterocycles. The van der Waals surface area contributed by atoms with Gasteiger partial charge in [-0.05, 0) is 125 Å². The van der Waals surface area contributed by atoms with Crippen molar-refractivity contribution in [2.75, 3.05) is 141 Å². The topological polar surface area (TPSA) is 230 Å². The molecule has 600 valence electrons. The van der Waals surface area contributed by atoms with E-state index in [1.807, 2.05) is 129 Å². The summed E-state index contributed by atoms with van der Waals surface area (Å²) in [6.07, 6.45) is 5.14. The minimum atomic E-state index is -0.345. The number of hydrogen-bond acceptors (Lipinski definition) is 20. The molecule has 15 rings (SSSR count). The summed E-state index contributed by atoms with van der Waals surface area (Å²) in [5.41, 5.74) is 12.1. The molecule has 20 nitrogen and oxygen atoms in total. The Hall–Kier alpha value is -8.33. The summed E-state index contributed by atoms with van der Waals surface area (Å²) >= 11 is 10.3. The van der Waals surface area contributed by atoms with Gasteiger partial charge in [-0.2, -0.15) is 0 Å². The number of aryl methyl sites for hydroxylation is 2. The van der Waals surface area contributed by atoms with Crippen molar-refractivity contribution >= 4 is 71.8 Å². The number of phenols is 2. The van der Waals surface area contributed by atoms with Crippen LogP contribution in [0, 0.1) is 0 Å². The number of carbonyl (C=O) groups excluding carboxylic acids is 3. The fraction of sp³-hybridized carbons (Fsp3) is 0.404. The third kappa shape index (κ3) is 25.6. The van der Waals surface area contributed by atoms with E-state index >= 15 is 0 Å². The van der Waals surface area contributed by atoms with Crippen molar-refractivity contribution in [1.29, 1.82) is 0 Å². The van der Waals surface area contributed by atoms with Gasteiger partial charge in [0, 0.05) is 109 Å². The molecule has 7 aliphatic rings. The Balaban J connectivity index is 0.000000151. The lowest BCUT2D eigenvalue weighted by Crippen LogP contribution is -2.25. The van der Waals surface area contributed by atoms with E-state index in [0.717, 1.165) is 174 Å². The van der Waals surface area contributed by atoms with Gasteiger partial charge >= 0.3 is 17.9 Å². The van der Waals surface area contributed by atoms with Crippen molar-refractivity contribution in [3.05, 3.63) is 244 Å². The SMILES string of the molecule is CCOC(=O)/C=C/c1cccc(C2COC2)c1OC.CCOC(=O)CCc1cc(Br)cc(C2COC2)c1OC.CCOC(=O)CCc1cccc(C2COC2)c1OC.COc1c(Br)cccc1C1COC1.Oc1c(Br)cccc1C1COC1.Oc1ccccc1C1COC1.c1ccc(COc2ccccc2C2COC2)cc1. The Morgan fingerprint density at radius 2 is 0.804 bits per heavy atom. The van der Waals surface area contributed by atoms with Gasteiger partial charge < -0.3 is 81.3 Å². The number of aromatic hydroxyl groups is 2. The van der Waals surface area contributed by atoms with Gasteiger partial charge in [0.2, 0.25) is 0 Å². The first-order valence-electron chi connectivity index (χ1n) is 37.8. The summed E-state index contributed by atoms with van der Waals surface area (Å²) in [7, 11) is 6.68. The molecule has 8 aromatic rings. The molecular weight excluding hydrogens is 1630 g/mol. The monoisotopic (exact) mass is 1730 g/mol. The highest BCUT2D eigenvalue weighted by Crippen LogP contribution is 2.42. The van der Waals surface area contributed by atoms with Crippen molar-refractivity contribution < 1.29 is 95.6 Å². The van der Waals surface area contributed by atoms with Gasteiger partial charge in [-0.25, -0.2) is 4.79 Å². The van der Waals surface area contributed by atoms with Gasteiger partial charge in [-0.1, -0.05) is 143 Å². The lowest BCUT2D eigenvalue weighted by Gasteiger charge is -2.29. The summed E-state index contributed by atoms with van der Waals surface area (Å²) in [5, 5.41) is 19.0. The van der Waals surface area contributed by atoms with E-state index in [1.54, 1.807) is 47.5 Å². The summed E-state index contributed by atoms with van der Waals surface area (Å²) in [6, 6.07) is 53.8. The molecule has 7 fully saturated rings. The zero-order valence-electron chi connectivity index (χ0n) is 64.7. The van der Waals surface area contributed by atoms with Crippen LogP contribution in [0.2, 0.25) is 0 Å². The first-order chi connectivity index (χ1) is 54.6. The Morgan fingerprint density at radius 1 is 0.402 bits per heavy atom. The third-order valence-corrected chi connectivity index (χ3v) is 21.0. The van der Waals surface area contributed by atoms with Gasteiger partial charge in [0.15, 0.2) is 0 Å². The number of rotatable bonds is 25. The van der Waals surface area contributed by atoms with E-state index in [9.17, 15) is 24.6 Å². The molecule has 0 amide bonds. The highest BCUT2D eigenvalue weighted by molar-refractivity contribution is 9.11. The lowest BCUT2D eigenvalue weighted by molar-refractivity contribution is -0.144. The molecule has 112 heavy (non-hydrogen) atoms. The molecular formula is C89H103Br3O20. The van der Waals surface area contributed by atoms with E-state index < -0.39 is 0 Å². The normalized spacial score (nSPS) is 15.7. The maximum atomic E-state index is 11.5. The van der Waals surface area contributed by atoms with Crippen LogP contribution < -0.4 is 23.7 Å². The summed E-state index contributed by atoms with van der Waals surface area (Å²) in [4.78, 5) is 34.2.